The number of nitrogens with zero attached hydrogens (tertiary/aromatic N) is 1. The van der Waals surface area contributed by atoms with Gasteiger partial charge in [0, 0.05) is 5.69 Å². The first kappa shape index (κ1) is 19.5. The molecule has 0 spiro atoms. The highest BCUT2D eigenvalue weighted by atomic mass is 32.1. The summed E-state index contributed by atoms with van der Waals surface area (Å²) in [5.74, 6) is -1.16. The molecule has 0 aliphatic carbocycles. The molecule has 1 heterocycles. The second-order valence-electron chi connectivity index (χ2n) is 5.88. The smallest absolute Gasteiger partial charge is 0.337 e. The minimum atomic E-state index is -4.73. The van der Waals surface area contributed by atoms with E-state index in [1.807, 2.05) is 0 Å². The zero-order valence-corrected chi connectivity index (χ0v) is 14.6. The molecule has 0 saturated heterocycles. The lowest BCUT2D eigenvalue weighted by Crippen LogP contribution is -2.52. The summed E-state index contributed by atoms with van der Waals surface area (Å²) in [4.78, 5) is 24.9. The first-order valence-corrected chi connectivity index (χ1v) is 8.21. The second kappa shape index (κ2) is 7.17. The van der Waals surface area contributed by atoms with Crippen LogP contribution in [0.2, 0.25) is 0 Å². The first-order valence-electron chi connectivity index (χ1n) is 7.33. The number of nitriles is 1. The van der Waals surface area contributed by atoms with Crippen LogP contribution in [0.1, 0.15) is 34.6 Å². The number of carbonyl (C=O) groups is 2. The van der Waals surface area contributed by atoms with Crippen LogP contribution in [0.25, 0.3) is 0 Å². The molecule has 0 unspecified atom stereocenters. The molecule has 2 amide bonds. The number of rotatable bonds is 4. The maximum atomic E-state index is 13.0. The Balaban J connectivity index is 2.18. The molecule has 136 valence electrons. The van der Waals surface area contributed by atoms with Gasteiger partial charge in [-0.2, -0.15) is 18.4 Å². The van der Waals surface area contributed by atoms with Gasteiger partial charge in [-0.3, -0.25) is 9.59 Å². The standard InChI is InChI=1S/C17H14F3N3O2S/c1-16(2,23-14(24)13-4-3-7-26-13)15(25)22-11-6-5-10(9-21)12(8-11)17(18,19)20/h3-8H,1-2H3,(H,22,25)(H,23,24). The lowest BCUT2D eigenvalue weighted by Gasteiger charge is -2.25. The van der Waals surface area contributed by atoms with Crippen LogP contribution in [0.5, 0.6) is 0 Å². The van der Waals surface area contributed by atoms with Gasteiger partial charge in [-0.25, -0.2) is 0 Å². The largest absolute Gasteiger partial charge is 0.417 e. The predicted octanol–water partition coefficient (Wildman–Crippen LogP) is 3.79. The highest BCUT2D eigenvalue weighted by Crippen LogP contribution is 2.33. The summed E-state index contributed by atoms with van der Waals surface area (Å²) in [5.41, 5.74) is -3.17. The first-order chi connectivity index (χ1) is 12.0. The molecule has 2 rings (SSSR count). The fraction of sp³-hybridized carbons (Fsp3) is 0.235. The number of nitrogens with one attached hydrogen (secondary N) is 2. The van der Waals surface area contributed by atoms with Crippen LogP contribution in [0, 0.1) is 11.3 Å². The zero-order valence-electron chi connectivity index (χ0n) is 13.8. The lowest BCUT2D eigenvalue weighted by molar-refractivity contribution is -0.137. The van der Waals surface area contributed by atoms with Gasteiger partial charge in [0.05, 0.1) is 22.1 Å². The molecule has 0 aliphatic heterocycles. The number of carbonyl (C=O) groups excluding carboxylic acids is 2. The van der Waals surface area contributed by atoms with E-state index in [9.17, 15) is 22.8 Å². The van der Waals surface area contributed by atoms with Gasteiger partial charge in [0.2, 0.25) is 5.91 Å². The van der Waals surface area contributed by atoms with E-state index in [-0.39, 0.29) is 5.69 Å². The van der Waals surface area contributed by atoms with Crippen LogP contribution in [-0.4, -0.2) is 17.4 Å². The number of anilines is 1. The Morgan fingerprint density at radius 2 is 1.88 bits per heavy atom. The van der Waals surface area contributed by atoms with Crippen LogP contribution in [-0.2, 0) is 11.0 Å². The normalized spacial score (nSPS) is 11.5. The van der Waals surface area contributed by atoms with Gasteiger partial charge in [-0.1, -0.05) is 6.07 Å². The molecule has 0 atom stereocenters. The Labute approximate surface area is 151 Å². The van der Waals surface area contributed by atoms with Gasteiger partial charge in [0.25, 0.3) is 5.91 Å². The molecule has 26 heavy (non-hydrogen) atoms. The molecule has 2 N–H and O–H groups in total. The van der Waals surface area contributed by atoms with E-state index in [0.717, 1.165) is 6.07 Å². The summed E-state index contributed by atoms with van der Waals surface area (Å²) in [5, 5.41) is 15.4. The van der Waals surface area contributed by atoms with Crippen molar-refractivity contribution in [2.24, 2.45) is 0 Å². The van der Waals surface area contributed by atoms with E-state index < -0.39 is 34.7 Å². The van der Waals surface area contributed by atoms with Gasteiger partial charge < -0.3 is 10.6 Å². The SMILES string of the molecule is CC(C)(NC(=O)c1cccs1)C(=O)Nc1ccc(C#N)c(C(F)(F)F)c1. The maximum absolute atomic E-state index is 13.0. The molecule has 0 radical (unpaired) electrons. The number of halogens is 3. The van der Waals surface area contributed by atoms with Gasteiger partial charge in [-0.05, 0) is 43.5 Å². The number of thiophene rings is 1. The molecule has 0 bridgehead atoms. The lowest BCUT2D eigenvalue weighted by atomic mass is 10.0. The van der Waals surface area contributed by atoms with Gasteiger partial charge in [-0.15, -0.1) is 11.3 Å². The van der Waals surface area contributed by atoms with Crippen LogP contribution in [0.3, 0.4) is 0 Å². The number of amides is 2. The van der Waals surface area contributed by atoms with Crippen molar-refractivity contribution in [2.45, 2.75) is 25.6 Å². The molecule has 1 aromatic carbocycles. The summed E-state index contributed by atoms with van der Waals surface area (Å²) < 4.78 is 39.0. The van der Waals surface area contributed by atoms with E-state index in [0.29, 0.717) is 10.9 Å². The van der Waals surface area contributed by atoms with Crippen LogP contribution < -0.4 is 10.6 Å². The second-order valence-corrected chi connectivity index (χ2v) is 6.83. The highest BCUT2D eigenvalue weighted by molar-refractivity contribution is 7.12. The molecule has 5 nitrogen and oxygen atoms in total. The third-order valence-corrected chi connectivity index (χ3v) is 4.31. The van der Waals surface area contributed by atoms with E-state index >= 15 is 0 Å². The van der Waals surface area contributed by atoms with Crippen molar-refractivity contribution in [3.05, 3.63) is 51.7 Å². The third kappa shape index (κ3) is 4.40. The topological polar surface area (TPSA) is 82.0 Å². The average Bonchev–Trinajstić information content (AvgIpc) is 3.08. The van der Waals surface area contributed by atoms with Crippen LogP contribution in [0.4, 0.5) is 18.9 Å². The molecule has 0 fully saturated rings. The number of hydrogen-bond donors (Lipinski definition) is 2. The van der Waals surface area contributed by atoms with Crippen molar-refractivity contribution in [2.75, 3.05) is 5.32 Å². The Kier molecular flexibility index (Phi) is 5.37. The minimum absolute atomic E-state index is 0.125. The Morgan fingerprint density at radius 1 is 1.19 bits per heavy atom. The van der Waals surface area contributed by atoms with E-state index in [1.165, 1.54) is 37.3 Å². The maximum Gasteiger partial charge on any atom is 0.417 e. The van der Waals surface area contributed by atoms with Crippen molar-refractivity contribution in [1.82, 2.24) is 5.32 Å². The highest BCUT2D eigenvalue weighted by Gasteiger charge is 2.35. The molecule has 9 heteroatoms. The minimum Gasteiger partial charge on any atom is -0.337 e. The summed E-state index contributed by atoms with van der Waals surface area (Å²) in [6.45, 7) is 2.87. The number of benzene rings is 1. The summed E-state index contributed by atoms with van der Waals surface area (Å²) >= 11 is 1.20. The average molecular weight is 381 g/mol. The molecule has 1 aromatic heterocycles. The fourth-order valence-electron chi connectivity index (χ4n) is 2.05. The Bertz CT molecular complexity index is 868. The van der Waals surface area contributed by atoms with Crippen molar-refractivity contribution >= 4 is 28.8 Å². The van der Waals surface area contributed by atoms with Crippen molar-refractivity contribution in [1.29, 1.82) is 5.26 Å². The van der Waals surface area contributed by atoms with Crippen LogP contribution in [0.15, 0.2) is 35.7 Å². The number of alkyl halides is 3. The van der Waals surface area contributed by atoms with Gasteiger partial charge in [0.1, 0.15) is 5.54 Å². The molecule has 0 saturated carbocycles. The van der Waals surface area contributed by atoms with Crippen molar-refractivity contribution in [3.63, 3.8) is 0 Å². The predicted molar refractivity (Wildman–Crippen MR) is 90.7 cm³/mol. The summed E-state index contributed by atoms with van der Waals surface area (Å²) in [7, 11) is 0. The Morgan fingerprint density at radius 3 is 2.42 bits per heavy atom. The van der Waals surface area contributed by atoms with Crippen molar-refractivity contribution < 1.29 is 22.8 Å². The Hall–Kier alpha value is -2.86. The monoisotopic (exact) mass is 381 g/mol. The van der Waals surface area contributed by atoms with Crippen LogP contribution >= 0.6 is 11.3 Å². The van der Waals surface area contributed by atoms with E-state index in [1.54, 1.807) is 17.5 Å². The fourth-order valence-corrected chi connectivity index (χ4v) is 2.67. The van der Waals surface area contributed by atoms with Crippen molar-refractivity contribution in [3.8, 4) is 6.07 Å². The van der Waals surface area contributed by atoms with E-state index in [4.69, 9.17) is 5.26 Å². The summed E-state index contributed by atoms with van der Waals surface area (Å²) in [6.07, 6.45) is -4.73. The summed E-state index contributed by atoms with van der Waals surface area (Å²) in [6, 6.07) is 7.60. The zero-order chi connectivity index (χ0) is 19.5. The molecular weight excluding hydrogens is 367 g/mol. The molecule has 2 aromatic rings. The quantitative estimate of drug-likeness (QED) is 0.845. The third-order valence-electron chi connectivity index (χ3n) is 3.44. The molecular formula is C17H14F3N3O2S. The van der Waals surface area contributed by atoms with E-state index in [2.05, 4.69) is 10.6 Å². The van der Waals surface area contributed by atoms with Gasteiger partial charge >= 0.3 is 6.18 Å². The number of hydrogen-bond acceptors (Lipinski definition) is 4. The van der Waals surface area contributed by atoms with Gasteiger partial charge in [0.15, 0.2) is 0 Å². The molecule has 0 aliphatic rings.